The van der Waals surface area contributed by atoms with E-state index in [0.717, 1.165) is 89.9 Å². The number of hydrogen-bond donors (Lipinski definition) is 0. The van der Waals surface area contributed by atoms with Crippen LogP contribution in [0.4, 0.5) is 0 Å². The molecule has 1 unspecified atom stereocenters. The van der Waals surface area contributed by atoms with Crippen LogP contribution in [0.25, 0.3) is 0 Å². The van der Waals surface area contributed by atoms with E-state index in [1.54, 1.807) is 0 Å². The quantitative estimate of drug-likeness (QED) is 0.0269. The summed E-state index contributed by atoms with van der Waals surface area (Å²) in [4.78, 5) is 37.5. The average molecular weight is 745 g/mol. The monoisotopic (exact) mass is 745 g/mol. The molecule has 1 atom stereocenters. The second-order valence-electron chi connectivity index (χ2n) is 15.0. The predicted molar refractivity (Wildman–Crippen MR) is 224 cm³/mol. The number of ether oxygens (including phenoxy) is 3. The fourth-order valence-electron chi connectivity index (χ4n) is 6.18. The summed E-state index contributed by atoms with van der Waals surface area (Å²) in [6.45, 7) is 6.49. The van der Waals surface area contributed by atoms with E-state index in [2.05, 4.69) is 57.2 Å². The molecule has 0 saturated heterocycles. The van der Waals surface area contributed by atoms with E-state index >= 15 is 0 Å². The van der Waals surface area contributed by atoms with Crippen LogP contribution < -0.4 is 0 Å². The lowest BCUT2D eigenvalue weighted by Crippen LogP contribution is -2.30. The van der Waals surface area contributed by atoms with Gasteiger partial charge in [0.15, 0.2) is 6.10 Å². The first kappa shape index (κ1) is 50.6. The minimum atomic E-state index is -0.772. The normalized spacial score (nSPS) is 12.3. The maximum absolute atomic E-state index is 12.6. The third kappa shape index (κ3) is 40.6. The van der Waals surface area contributed by atoms with Crippen molar-refractivity contribution in [2.75, 3.05) is 13.2 Å². The number of rotatable bonds is 40. The van der Waals surface area contributed by atoms with Gasteiger partial charge < -0.3 is 14.2 Å². The zero-order valence-corrected chi connectivity index (χ0v) is 35.0. The van der Waals surface area contributed by atoms with Crippen LogP contribution in [0.5, 0.6) is 0 Å². The van der Waals surface area contributed by atoms with Crippen LogP contribution in [0.15, 0.2) is 36.5 Å². The Kier molecular flexibility index (Phi) is 40.5. The second-order valence-corrected chi connectivity index (χ2v) is 15.0. The van der Waals surface area contributed by atoms with Gasteiger partial charge in [0.25, 0.3) is 0 Å². The fourth-order valence-corrected chi connectivity index (χ4v) is 6.18. The van der Waals surface area contributed by atoms with Gasteiger partial charge in [0.1, 0.15) is 13.2 Å². The molecular formula is C47H84O6. The van der Waals surface area contributed by atoms with E-state index in [0.29, 0.717) is 19.3 Å². The Balaban J connectivity index is 4.26. The minimum absolute atomic E-state index is 0.0774. The van der Waals surface area contributed by atoms with Crippen molar-refractivity contribution < 1.29 is 28.6 Å². The molecule has 0 spiro atoms. The largest absolute Gasteiger partial charge is 0.462 e. The Morgan fingerprint density at radius 1 is 0.377 bits per heavy atom. The van der Waals surface area contributed by atoms with E-state index in [-0.39, 0.29) is 31.1 Å². The lowest BCUT2D eigenvalue weighted by molar-refractivity contribution is -0.167. The van der Waals surface area contributed by atoms with Gasteiger partial charge in [-0.3, -0.25) is 14.4 Å². The molecule has 0 aromatic carbocycles. The fraction of sp³-hybridized carbons (Fsp3) is 0.809. The molecule has 0 heterocycles. The van der Waals surface area contributed by atoms with E-state index in [4.69, 9.17) is 14.2 Å². The van der Waals surface area contributed by atoms with Crippen LogP contribution in [0, 0.1) is 0 Å². The molecule has 6 heteroatoms. The highest BCUT2D eigenvalue weighted by molar-refractivity contribution is 5.71. The SMILES string of the molecule is CCC/C=C\CCCCCCCC(=O)OC(COC(=O)CCCCCCCCC)COC(=O)CCCCCCCCC/C=C\C/C=C\CCCCCC. The average Bonchev–Trinajstić information content (AvgIpc) is 3.15. The van der Waals surface area contributed by atoms with Gasteiger partial charge in [-0.25, -0.2) is 0 Å². The van der Waals surface area contributed by atoms with Crippen LogP contribution in [0.1, 0.15) is 226 Å². The van der Waals surface area contributed by atoms with Gasteiger partial charge in [0, 0.05) is 19.3 Å². The molecule has 0 bridgehead atoms. The Labute approximate surface area is 327 Å². The number of unbranched alkanes of at least 4 members (excludes halogenated alkanes) is 23. The molecule has 0 aromatic heterocycles. The highest BCUT2D eigenvalue weighted by atomic mass is 16.6. The number of carbonyl (C=O) groups is 3. The van der Waals surface area contributed by atoms with Crippen molar-refractivity contribution in [2.24, 2.45) is 0 Å². The second kappa shape index (κ2) is 42.4. The number of carbonyl (C=O) groups excluding carboxylic acids is 3. The Morgan fingerprint density at radius 3 is 1.15 bits per heavy atom. The lowest BCUT2D eigenvalue weighted by Gasteiger charge is -2.18. The molecule has 0 amide bonds. The summed E-state index contributed by atoms with van der Waals surface area (Å²) in [7, 11) is 0. The maximum Gasteiger partial charge on any atom is 0.306 e. The van der Waals surface area contributed by atoms with E-state index in [1.807, 2.05) is 0 Å². The molecule has 0 N–H and O–H groups in total. The smallest absolute Gasteiger partial charge is 0.306 e. The van der Waals surface area contributed by atoms with E-state index in [9.17, 15) is 14.4 Å². The molecule has 0 fully saturated rings. The van der Waals surface area contributed by atoms with Gasteiger partial charge in [0.05, 0.1) is 0 Å². The first-order chi connectivity index (χ1) is 26.0. The maximum atomic E-state index is 12.6. The molecule has 53 heavy (non-hydrogen) atoms. The summed E-state index contributed by atoms with van der Waals surface area (Å²) in [6.07, 6.45) is 47.1. The standard InChI is InChI=1S/C47H84O6/c1-4-7-10-13-16-18-20-21-22-23-24-25-26-27-29-31-34-37-40-46(49)52-43-44(42-51-45(48)39-36-33-30-15-12-9-6-3)53-47(50)41-38-35-32-28-19-17-14-11-8-5-2/h11,14,18,20,22-23,44H,4-10,12-13,15-17,19,21,24-43H2,1-3H3/b14-11-,20-18-,23-22-. The number of allylic oxidation sites excluding steroid dienone is 6. The Morgan fingerprint density at radius 2 is 0.717 bits per heavy atom. The predicted octanol–water partition coefficient (Wildman–Crippen LogP) is 14.2. The van der Waals surface area contributed by atoms with Crippen molar-refractivity contribution >= 4 is 17.9 Å². The van der Waals surface area contributed by atoms with Crippen molar-refractivity contribution in [3.63, 3.8) is 0 Å². The van der Waals surface area contributed by atoms with Crippen molar-refractivity contribution in [1.82, 2.24) is 0 Å². The lowest BCUT2D eigenvalue weighted by atomic mass is 10.1. The third-order valence-electron chi connectivity index (χ3n) is 9.60. The highest BCUT2D eigenvalue weighted by Gasteiger charge is 2.19. The van der Waals surface area contributed by atoms with Gasteiger partial charge >= 0.3 is 17.9 Å². The minimum Gasteiger partial charge on any atom is -0.462 e. The van der Waals surface area contributed by atoms with Crippen LogP contribution in [0.3, 0.4) is 0 Å². The molecule has 0 saturated carbocycles. The number of hydrogen-bond acceptors (Lipinski definition) is 6. The molecule has 308 valence electrons. The summed E-state index contributed by atoms with van der Waals surface area (Å²) in [5.74, 6) is -0.903. The molecule has 0 aromatic rings. The molecule has 0 aliphatic rings. The summed E-state index contributed by atoms with van der Waals surface area (Å²) >= 11 is 0. The van der Waals surface area contributed by atoms with Crippen molar-refractivity contribution in [3.05, 3.63) is 36.5 Å². The number of esters is 3. The summed E-state index contributed by atoms with van der Waals surface area (Å²) in [6, 6.07) is 0. The van der Waals surface area contributed by atoms with Crippen LogP contribution in [-0.4, -0.2) is 37.2 Å². The Bertz CT molecular complexity index is 907. The molecule has 0 aliphatic carbocycles. The van der Waals surface area contributed by atoms with E-state index < -0.39 is 6.10 Å². The first-order valence-electron chi connectivity index (χ1n) is 22.5. The van der Waals surface area contributed by atoms with Gasteiger partial charge in [0.2, 0.25) is 0 Å². The van der Waals surface area contributed by atoms with Gasteiger partial charge in [-0.1, -0.05) is 173 Å². The molecule has 0 aliphatic heterocycles. The third-order valence-corrected chi connectivity index (χ3v) is 9.60. The van der Waals surface area contributed by atoms with Gasteiger partial charge in [-0.2, -0.15) is 0 Å². The van der Waals surface area contributed by atoms with Crippen LogP contribution in [0.2, 0.25) is 0 Å². The van der Waals surface area contributed by atoms with Crippen molar-refractivity contribution in [1.29, 1.82) is 0 Å². The van der Waals surface area contributed by atoms with Crippen molar-refractivity contribution in [2.45, 2.75) is 232 Å². The zero-order chi connectivity index (χ0) is 38.7. The summed E-state index contributed by atoms with van der Waals surface area (Å²) in [5.41, 5.74) is 0. The van der Waals surface area contributed by atoms with Gasteiger partial charge in [-0.15, -0.1) is 0 Å². The summed E-state index contributed by atoms with van der Waals surface area (Å²) in [5, 5.41) is 0. The molecule has 0 rings (SSSR count). The van der Waals surface area contributed by atoms with Crippen LogP contribution >= 0.6 is 0 Å². The summed E-state index contributed by atoms with van der Waals surface area (Å²) < 4.78 is 16.6. The first-order valence-corrected chi connectivity index (χ1v) is 22.5. The molecule has 0 radical (unpaired) electrons. The zero-order valence-electron chi connectivity index (χ0n) is 35.0. The van der Waals surface area contributed by atoms with Crippen LogP contribution in [-0.2, 0) is 28.6 Å². The topological polar surface area (TPSA) is 78.9 Å². The van der Waals surface area contributed by atoms with E-state index in [1.165, 1.54) is 96.3 Å². The van der Waals surface area contributed by atoms with Gasteiger partial charge in [-0.05, 0) is 70.6 Å². The Hall–Kier alpha value is -2.37. The molecule has 6 nitrogen and oxygen atoms in total. The van der Waals surface area contributed by atoms with Crippen molar-refractivity contribution in [3.8, 4) is 0 Å². The molecular weight excluding hydrogens is 661 g/mol. The highest BCUT2D eigenvalue weighted by Crippen LogP contribution is 2.13.